The van der Waals surface area contributed by atoms with Crippen LogP contribution in [-0.2, 0) is 14.8 Å². The third-order valence-electron chi connectivity index (χ3n) is 5.18. The van der Waals surface area contributed by atoms with Gasteiger partial charge >= 0.3 is 0 Å². The zero-order chi connectivity index (χ0) is 23.0. The van der Waals surface area contributed by atoms with E-state index in [-0.39, 0.29) is 16.6 Å². The van der Waals surface area contributed by atoms with Crippen LogP contribution in [0.4, 0.5) is 11.4 Å². The lowest BCUT2D eigenvalue weighted by Gasteiger charge is -2.28. The number of carbonyl (C=O) groups is 1. The summed E-state index contributed by atoms with van der Waals surface area (Å²) in [5.41, 5.74) is 3.32. The van der Waals surface area contributed by atoms with Crippen molar-refractivity contribution in [3.05, 3.63) is 59.2 Å². The minimum Gasteiger partial charge on any atom is -0.312 e. The molecule has 32 heavy (non-hydrogen) atoms. The smallest absolute Gasteiger partial charge is 0.267 e. The molecule has 2 aromatic carbocycles. The van der Waals surface area contributed by atoms with Crippen LogP contribution in [-0.4, -0.2) is 43.6 Å². The quantitative estimate of drug-likeness (QED) is 0.391. The van der Waals surface area contributed by atoms with Crippen LogP contribution in [0.3, 0.4) is 0 Å². The van der Waals surface area contributed by atoms with Crippen LogP contribution in [0.5, 0.6) is 0 Å². The Kier molecular flexibility index (Phi) is 6.15. The zero-order valence-corrected chi connectivity index (χ0v) is 20.1. The molecule has 3 aromatic rings. The summed E-state index contributed by atoms with van der Waals surface area (Å²) >= 11 is 7.26. The first-order valence-electron chi connectivity index (χ1n) is 9.88. The Balaban J connectivity index is 1.62. The molecule has 1 aliphatic heterocycles. The number of nitrogens with zero attached hydrogens (tertiary/aromatic N) is 4. The Bertz CT molecular complexity index is 1310. The van der Waals surface area contributed by atoms with Crippen molar-refractivity contribution in [2.75, 3.05) is 28.6 Å². The number of anilines is 2. The first-order valence-corrected chi connectivity index (χ1v) is 12.7. The standard InChI is InChI=1S/C22H21ClN4O3S2/c1-4-27(16-7-5-6-14(2)10-16)20(28)13-31-22-24-12-19-21(25-22)17-9-8-15(23)11-18(17)26(3)32(19,29)30/h5-12H,4,13H2,1-3H3. The zero-order valence-electron chi connectivity index (χ0n) is 17.7. The predicted molar refractivity (Wildman–Crippen MR) is 128 cm³/mol. The summed E-state index contributed by atoms with van der Waals surface area (Å²) in [6, 6.07) is 12.8. The highest BCUT2D eigenvalue weighted by Crippen LogP contribution is 2.42. The number of benzene rings is 2. The molecule has 1 amide bonds. The highest BCUT2D eigenvalue weighted by Gasteiger charge is 2.34. The van der Waals surface area contributed by atoms with E-state index in [4.69, 9.17) is 11.6 Å². The summed E-state index contributed by atoms with van der Waals surface area (Å²) < 4.78 is 27.0. The van der Waals surface area contributed by atoms with Crippen LogP contribution in [0.15, 0.2) is 58.7 Å². The number of thioether (sulfide) groups is 1. The highest BCUT2D eigenvalue weighted by atomic mass is 35.5. The molecule has 0 spiro atoms. The molecular formula is C22H21ClN4O3S2. The lowest BCUT2D eigenvalue weighted by molar-refractivity contribution is -0.116. The van der Waals surface area contributed by atoms with E-state index in [9.17, 15) is 13.2 Å². The number of rotatable bonds is 5. The minimum absolute atomic E-state index is 0.0282. The van der Waals surface area contributed by atoms with E-state index in [1.165, 1.54) is 29.3 Å². The number of sulfonamides is 1. The molecule has 0 bridgehead atoms. The minimum atomic E-state index is -3.79. The van der Waals surface area contributed by atoms with E-state index in [0.29, 0.717) is 33.7 Å². The van der Waals surface area contributed by atoms with Gasteiger partial charge < -0.3 is 4.90 Å². The largest absolute Gasteiger partial charge is 0.312 e. The van der Waals surface area contributed by atoms with Crippen molar-refractivity contribution in [3.8, 4) is 11.3 Å². The van der Waals surface area contributed by atoms with E-state index in [1.807, 2.05) is 38.1 Å². The van der Waals surface area contributed by atoms with Gasteiger partial charge in [-0.25, -0.2) is 18.4 Å². The monoisotopic (exact) mass is 488 g/mol. The maximum absolute atomic E-state index is 12.9. The molecule has 0 saturated heterocycles. The fourth-order valence-corrected chi connectivity index (χ4v) is 5.70. The molecule has 0 atom stereocenters. The first kappa shape index (κ1) is 22.6. The molecule has 7 nitrogen and oxygen atoms in total. The van der Waals surface area contributed by atoms with Gasteiger partial charge in [0, 0.05) is 29.9 Å². The summed E-state index contributed by atoms with van der Waals surface area (Å²) in [6.45, 7) is 4.43. The summed E-state index contributed by atoms with van der Waals surface area (Å²) in [7, 11) is -2.32. The maximum atomic E-state index is 12.9. The number of aryl methyl sites for hydroxylation is 1. The van der Waals surface area contributed by atoms with Crippen LogP contribution in [0, 0.1) is 6.92 Å². The Morgan fingerprint density at radius 3 is 2.72 bits per heavy atom. The van der Waals surface area contributed by atoms with Crippen LogP contribution in [0.25, 0.3) is 11.3 Å². The van der Waals surface area contributed by atoms with E-state index in [1.54, 1.807) is 23.1 Å². The van der Waals surface area contributed by atoms with E-state index in [2.05, 4.69) is 9.97 Å². The third-order valence-corrected chi connectivity index (χ3v) is 8.03. The van der Waals surface area contributed by atoms with E-state index >= 15 is 0 Å². The highest BCUT2D eigenvalue weighted by molar-refractivity contribution is 7.99. The average Bonchev–Trinajstić information content (AvgIpc) is 2.76. The third kappa shape index (κ3) is 4.07. The van der Waals surface area contributed by atoms with E-state index < -0.39 is 10.0 Å². The molecule has 10 heteroatoms. The Morgan fingerprint density at radius 2 is 2.00 bits per heavy atom. The number of aromatic nitrogens is 2. The van der Waals surface area contributed by atoms with Gasteiger partial charge in [-0.15, -0.1) is 0 Å². The molecule has 1 aromatic heterocycles. The normalized spacial score (nSPS) is 13.9. The molecule has 0 radical (unpaired) electrons. The van der Waals surface area contributed by atoms with Gasteiger partial charge in [-0.05, 0) is 49.7 Å². The first-order chi connectivity index (χ1) is 15.2. The molecule has 166 valence electrons. The lowest BCUT2D eigenvalue weighted by Crippen LogP contribution is -2.32. The van der Waals surface area contributed by atoms with Crippen molar-refractivity contribution in [2.45, 2.75) is 23.9 Å². The van der Waals surface area contributed by atoms with Crippen molar-refractivity contribution < 1.29 is 13.2 Å². The van der Waals surface area contributed by atoms with Crippen LogP contribution in [0.2, 0.25) is 5.02 Å². The van der Waals surface area contributed by atoms with Gasteiger partial charge in [0.05, 0.1) is 23.3 Å². The molecule has 2 heterocycles. The Labute approximate surface area is 196 Å². The van der Waals surface area contributed by atoms with Gasteiger partial charge in [0.15, 0.2) is 5.16 Å². The SMILES string of the molecule is CCN(C(=O)CSc1ncc2c(n1)-c1ccc(Cl)cc1N(C)S2(=O)=O)c1cccc(C)c1. The number of halogens is 1. The van der Waals surface area contributed by atoms with Crippen molar-refractivity contribution in [1.82, 2.24) is 9.97 Å². The summed E-state index contributed by atoms with van der Waals surface area (Å²) in [5.74, 6) is 0.0460. The maximum Gasteiger partial charge on any atom is 0.267 e. The number of carbonyl (C=O) groups excluding carboxylic acids is 1. The molecule has 0 saturated carbocycles. The molecule has 0 N–H and O–H groups in total. The predicted octanol–water partition coefficient (Wildman–Crippen LogP) is 4.39. The second-order valence-corrected chi connectivity index (χ2v) is 10.6. The van der Waals surface area contributed by atoms with Gasteiger partial charge in [-0.3, -0.25) is 9.10 Å². The summed E-state index contributed by atoms with van der Waals surface area (Å²) in [5, 5.41) is 0.761. The van der Waals surface area contributed by atoms with Gasteiger partial charge in [0.1, 0.15) is 4.90 Å². The van der Waals surface area contributed by atoms with Crippen LogP contribution < -0.4 is 9.21 Å². The van der Waals surface area contributed by atoms with Gasteiger partial charge in [-0.1, -0.05) is 35.5 Å². The Morgan fingerprint density at radius 1 is 1.22 bits per heavy atom. The number of hydrogen-bond acceptors (Lipinski definition) is 6. The van der Waals surface area contributed by atoms with Gasteiger partial charge in [0.25, 0.3) is 10.0 Å². The topological polar surface area (TPSA) is 83.5 Å². The molecule has 1 aliphatic rings. The summed E-state index contributed by atoms with van der Waals surface area (Å²) in [6.07, 6.45) is 1.30. The lowest BCUT2D eigenvalue weighted by atomic mass is 10.1. The molecule has 0 unspecified atom stereocenters. The van der Waals surface area contributed by atoms with Crippen LogP contribution in [0.1, 0.15) is 12.5 Å². The number of amides is 1. The fourth-order valence-electron chi connectivity index (χ4n) is 3.55. The van der Waals surface area contributed by atoms with Crippen molar-refractivity contribution >= 4 is 50.7 Å². The van der Waals surface area contributed by atoms with Gasteiger partial charge in [-0.2, -0.15) is 0 Å². The Hall–Kier alpha value is -2.62. The number of hydrogen-bond donors (Lipinski definition) is 0. The fraction of sp³-hybridized carbons (Fsp3) is 0.227. The molecule has 0 fully saturated rings. The molecule has 4 rings (SSSR count). The second kappa shape index (κ2) is 8.73. The molecule has 0 aliphatic carbocycles. The summed E-state index contributed by atoms with van der Waals surface area (Å²) in [4.78, 5) is 23.3. The van der Waals surface area contributed by atoms with Crippen molar-refractivity contribution in [2.24, 2.45) is 0 Å². The number of fused-ring (bicyclic) bond motifs is 3. The van der Waals surface area contributed by atoms with Crippen molar-refractivity contribution in [3.63, 3.8) is 0 Å². The van der Waals surface area contributed by atoms with E-state index in [0.717, 1.165) is 11.3 Å². The van der Waals surface area contributed by atoms with Crippen molar-refractivity contribution in [1.29, 1.82) is 0 Å². The average molecular weight is 489 g/mol. The second-order valence-electron chi connectivity index (χ2n) is 7.27. The van der Waals surface area contributed by atoms with Crippen LogP contribution >= 0.6 is 23.4 Å². The van der Waals surface area contributed by atoms with Gasteiger partial charge in [0.2, 0.25) is 5.91 Å². The molecular weight excluding hydrogens is 468 g/mol.